The van der Waals surface area contributed by atoms with E-state index in [1.807, 2.05) is 42.5 Å². The van der Waals surface area contributed by atoms with Crippen molar-refractivity contribution in [1.82, 2.24) is 10.2 Å². The van der Waals surface area contributed by atoms with Crippen LogP contribution in [0.25, 0.3) is 0 Å². The first-order valence-electron chi connectivity index (χ1n) is 10.4. The van der Waals surface area contributed by atoms with E-state index in [4.69, 9.17) is 4.74 Å². The first kappa shape index (κ1) is 19.6. The van der Waals surface area contributed by atoms with E-state index in [9.17, 15) is 4.79 Å². The molecule has 0 bridgehead atoms. The molecule has 2 aromatic carbocycles. The van der Waals surface area contributed by atoms with Crippen molar-refractivity contribution in [1.29, 1.82) is 0 Å². The summed E-state index contributed by atoms with van der Waals surface area (Å²) in [6.45, 7) is 4.50. The van der Waals surface area contributed by atoms with E-state index in [1.165, 1.54) is 0 Å². The van der Waals surface area contributed by atoms with E-state index in [-0.39, 0.29) is 11.4 Å². The Morgan fingerprint density at radius 1 is 1.07 bits per heavy atom. The third-order valence-electron chi connectivity index (χ3n) is 6.16. The molecular formula is C23H30N4O2. The van der Waals surface area contributed by atoms with Gasteiger partial charge in [0, 0.05) is 31.0 Å². The number of amides is 1. The van der Waals surface area contributed by atoms with Crippen LogP contribution >= 0.6 is 0 Å². The molecule has 2 fully saturated rings. The summed E-state index contributed by atoms with van der Waals surface area (Å²) in [4.78, 5) is 17.5. The van der Waals surface area contributed by atoms with Crippen molar-refractivity contribution in [2.45, 2.75) is 24.8 Å². The zero-order valence-corrected chi connectivity index (χ0v) is 17.1. The maximum atomic E-state index is 12.7. The fourth-order valence-corrected chi connectivity index (χ4v) is 4.42. The molecule has 1 spiro atoms. The number of benzene rings is 2. The predicted octanol–water partition coefficient (Wildman–Crippen LogP) is 2.93. The molecule has 0 atom stereocenters. The number of methoxy groups -OCH3 is 1. The van der Waals surface area contributed by atoms with Crippen LogP contribution in [-0.2, 0) is 4.79 Å². The zero-order chi connectivity index (χ0) is 20.1. The van der Waals surface area contributed by atoms with E-state index in [0.717, 1.165) is 62.6 Å². The van der Waals surface area contributed by atoms with Crippen molar-refractivity contribution >= 4 is 17.3 Å². The van der Waals surface area contributed by atoms with Gasteiger partial charge in [-0.15, -0.1) is 0 Å². The topological polar surface area (TPSA) is 56.8 Å². The molecular weight excluding hydrogens is 364 g/mol. The second kappa shape index (κ2) is 8.74. The van der Waals surface area contributed by atoms with Crippen molar-refractivity contribution in [2.24, 2.45) is 0 Å². The van der Waals surface area contributed by atoms with E-state index in [2.05, 4.69) is 32.6 Å². The van der Waals surface area contributed by atoms with Crippen LogP contribution in [0.1, 0.15) is 19.3 Å². The maximum absolute atomic E-state index is 12.7. The number of piperidine rings is 1. The molecule has 154 valence electrons. The molecule has 0 saturated carbocycles. The number of para-hydroxylation sites is 1. The van der Waals surface area contributed by atoms with Crippen molar-refractivity contribution in [3.8, 4) is 5.75 Å². The van der Waals surface area contributed by atoms with Gasteiger partial charge in [-0.25, -0.2) is 0 Å². The van der Waals surface area contributed by atoms with Gasteiger partial charge in [-0.05, 0) is 62.2 Å². The molecule has 1 amide bonds. The fourth-order valence-electron chi connectivity index (χ4n) is 4.42. The van der Waals surface area contributed by atoms with E-state index in [1.54, 1.807) is 7.11 Å². The van der Waals surface area contributed by atoms with Gasteiger partial charge in [-0.2, -0.15) is 0 Å². The summed E-state index contributed by atoms with van der Waals surface area (Å²) in [6.07, 6.45) is 2.83. The number of ether oxygens (including phenoxy) is 1. The molecule has 4 rings (SSSR count). The average Bonchev–Trinajstić information content (AvgIpc) is 3.09. The molecule has 2 aromatic rings. The highest BCUT2D eigenvalue weighted by Crippen LogP contribution is 2.36. The van der Waals surface area contributed by atoms with Gasteiger partial charge in [0.05, 0.1) is 13.8 Å². The van der Waals surface area contributed by atoms with Gasteiger partial charge in [0.1, 0.15) is 11.3 Å². The van der Waals surface area contributed by atoms with Crippen LogP contribution in [-0.4, -0.2) is 56.3 Å². The van der Waals surface area contributed by atoms with Gasteiger partial charge in [-0.1, -0.05) is 18.2 Å². The Morgan fingerprint density at radius 3 is 2.48 bits per heavy atom. The Kier molecular flexibility index (Phi) is 5.90. The highest BCUT2D eigenvalue weighted by molar-refractivity contribution is 5.93. The number of nitrogens with zero attached hydrogens (tertiary/aromatic N) is 2. The highest BCUT2D eigenvalue weighted by Gasteiger charge is 2.50. The van der Waals surface area contributed by atoms with E-state index in [0.29, 0.717) is 6.67 Å². The molecule has 2 heterocycles. The van der Waals surface area contributed by atoms with Crippen LogP contribution in [0, 0.1) is 0 Å². The van der Waals surface area contributed by atoms with Gasteiger partial charge in [0.2, 0.25) is 5.91 Å². The highest BCUT2D eigenvalue weighted by atomic mass is 16.5. The smallest absolute Gasteiger partial charge is 0.247 e. The van der Waals surface area contributed by atoms with Crippen LogP contribution in [0.5, 0.6) is 5.75 Å². The lowest BCUT2D eigenvalue weighted by Gasteiger charge is -2.43. The van der Waals surface area contributed by atoms with Gasteiger partial charge in [0.25, 0.3) is 0 Å². The summed E-state index contributed by atoms with van der Waals surface area (Å²) in [5, 5.41) is 6.54. The van der Waals surface area contributed by atoms with Crippen molar-refractivity contribution in [3.05, 3.63) is 54.6 Å². The van der Waals surface area contributed by atoms with Crippen LogP contribution < -0.4 is 20.3 Å². The van der Waals surface area contributed by atoms with Gasteiger partial charge in [0.15, 0.2) is 0 Å². The molecule has 0 aromatic heterocycles. The lowest BCUT2D eigenvalue weighted by molar-refractivity contribution is -0.125. The second-order valence-corrected chi connectivity index (χ2v) is 7.81. The van der Waals surface area contributed by atoms with Crippen LogP contribution in [0.15, 0.2) is 54.6 Å². The molecule has 0 radical (unpaired) electrons. The Bertz CT molecular complexity index is 801. The van der Waals surface area contributed by atoms with Gasteiger partial charge < -0.3 is 25.2 Å². The maximum Gasteiger partial charge on any atom is 0.247 e. The molecule has 6 nitrogen and oxygen atoms in total. The summed E-state index contributed by atoms with van der Waals surface area (Å²) in [6, 6.07) is 18.3. The first-order valence-corrected chi connectivity index (χ1v) is 10.4. The molecule has 0 aliphatic carbocycles. The van der Waals surface area contributed by atoms with Crippen molar-refractivity contribution in [3.63, 3.8) is 0 Å². The lowest BCUT2D eigenvalue weighted by atomic mass is 9.85. The van der Waals surface area contributed by atoms with Gasteiger partial charge in [-0.3, -0.25) is 4.79 Å². The third-order valence-corrected chi connectivity index (χ3v) is 6.16. The first-order chi connectivity index (χ1) is 14.2. The number of carbonyl (C=O) groups excluding carboxylic acids is 1. The number of carbonyl (C=O) groups is 1. The number of hydrogen-bond donors (Lipinski definition) is 2. The van der Waals surface area contributed by atoms with E-state index < -0.39 is 0 Å². The molecule has 2 saturated heterocycles. The minimum absolute atomic E-state index is 0.183. The summed E-state index contributed by atoms with van der Waals surface area (Å²) in [5.74, 6) is 1.06. The molecule has 6 heteroatoms. The molecule has 0 unspecified atom stereocenters. The molecule has 29 heavy (non-hydrogen) atoms. The quantitative estimate of drug-likeness (QED) is 0.707. The number of anilines is 2. The normalized spacial score (nSPS) is 18.7. The number of nitrogens with one attached hydrogen (secondary N) is 2. The Hall–Kier alpha value is -2.73. The van der Waals surface area contributed by atoms with E-state index >= 15 is 0 Å². The van der Waals surface area contributed by atoms with Crippen molar-refractivity contribution in [2.75, 3.05) is 50.2 Å². The minimum atomic E-state index is -0.390. The van der Waals surface area contributed by atoms with Crippen LogP contribution in [0.3, 0.4) is 0 Å². The molecule has 2 aliphatic rings. The standard InChI is InChI=1S/C23H30N4O2/c1-29-21-10-8-19(9-11-21)24-14-5-15-26-16-12-23(13-17-26)22(28)25-18-27(23)20-6-3-2-4-7-20/h2-4,6-11,24H,5,12-18H2,1H3,(H,25,28). The van der Waals surface area contributed by atoms with Gasteiger partial charge >= 0.3 is 0 Å². The largest absolute Gasteiger partial charge is 0.497 e. The Labute approximate surface area is 172 Å². The lowest BCUT2D eigenvalue weighted by Crippen LogP contribution is -2.56. The number of hydrogen-bond acceptors (Lipinski definition) is 5. The van der Waals surface area contributed by atoms with Crippen molar-refractivity contribution < 1.29 is 9.53 Å². The number of likely N-dealkylation sites (tertiary alicyclic amines) is 1. The second-order valence-electron chi connectivity index (χ2n) is 7.81. The zero-order valence-electron chi connectivity index (χ0n) is 17.1. The SMILES string of the molecule is COc1ccc(NCCCN2CCC3(CC2)C(=O)NCN3c2ccccc2)cc1. The molecule has 2 aliphatic heterocycles. The number of rotatable bonds is 7. The summed E-state index contributed by atoms with van der Waals surface area (Å²) in [7, 11) is 1.68. The fraction of sp³-hybridized carbons (Fsp3) is 0.435. The Balaban J connectivity index is 1.26. The minimum Gasteiger partial charge on any atom is -0.497 e. The third kappa shape index (κ3) is 4.17. The molecule has 2 N–H and O–H groups in total. The summed E-state index contributed by atoms with van der Waals surface area (Å²) >= 11 is 0. The van der Waals surface area contributed by atoms with Crippen LogP contribution in [0.2, 0.25) is 0 Å². The Morgan fingerprint density at radius 2 is 1.79 bits per heavy atom. The predicted molar refractivity (Wildman–Crippen MR) is 116 cm³/mol. The average molecular weight is 395 g/mol. The monoisotopic (exact) mass is 394 g/mol. The van der Waals surface area contributed by atoms with Crippen LogP contribution in [0.4, 0.5) is 11.4 Å². The summed E-state index contributed by atoms with van der Waals surface area (Å²) < 4.78 is 5.19. The summed E-state index contributed by atoms with van der Waals surface area (Å²) in [5.41, 5.74) is 1.85.